The van der Waals surface area contributed by atoms with Crippen molar-refractivity contribution in [2.45, 2.75) is 33.5 Å². The van der Waals surface area contributed by atoms with E-state index in [1.807, 2.05) is 13.8 Å². The Morgan fingerprint density at radius 2 is 1.82 bits per heavy atom. The van der Waals surface area contributed by atoms with Crippen molar-refractivity contribution in [1.29, 1.82) is 0 Å². The van der Waals surface area contributed by atoms with E-state index in [-0.39, 0.29) is 30.8 Å². The van der Waals surface area contributed by atoms with Gasteiger partial charge in [0.15, 0.2) is 5.56 Å². The van der Waals surface area contributed by atoms with Crippen LogP contribution in [0.1, 0.15) is 37.0 Å². The van der Waals surface area contributed by atoms with Gasteiger partial charge in [-0.3, -0.25) is 9.36 Å². The number of hydrogen-bond donors (Lipinski definition) is 1. The summed E-state index contributed by atoms with van der Waals surface area (Å²) in [6.45, 7) is 5.17. The molecule has 9 heteroatoms. The van der Waals surface area contributed by atoms with Crippen molar-refractivity contribution in [3.05, 3.63) is 39.9 Å². The van der Waals surface area contributed by atoms with Crippen molar-refractivity contribution in [2.75, 3.05) is 20.8 Å². The fourth-order valence-electron chi connectivity index (χ4n) is 2.56. The van der Waals surface area contributed by atoms with Crippen molar-refractivity contribution >= 4 is 5.97 Å². The van der Waals surface area contributed by atoms with Gasteiger partial charge in [-0.15, -0.1) is 0 Å². The van der Waals surface area contributed by atoms with Crippen molar-refractivity contribution in [3.8, 4) is 23.1 Å². The molecule has 1 aromatic heterocycles. The molecule has 1 heterocycles. The summed E-state index contributed by atoms with van der Waals surface area (Å²) in [7, 11) is 2.88. The lowest BCUT2D eigenvalue weighted by Crippen LogP contribution is -2.31. The molecule has 0 amide bonds. The summed E-state index contributed by atoms with van der Waals surface area (Å²) in [5.74, 6) is -0.997. The Balaban J connectivity index is 2.85. The van der Waals surface area contributed by atoms with E-state index < -0.39 is 23.0 Å². The van der Waals surface area contributed by atoms with E-state index in [1.165, 1.54) is 14.2 Å². The highest BCUT2D eigenvalue weighted by Gasteiger charge is 2.27. The summed E-state index contributed by atoms with van der Waals surface area (Å²) in [6.07, 6.45) is -0.156. The maximum absolute atomic E-state index is 13.2. The second-order valence-corrected chi connectivity index (χ2v) is 5.96. The van der Waals surface area contributed by atoms with Gasteiger partial charge in [0.1, 0.15) is 29.6 Å². The van der Waals surface area contributed by atoms with Gasteiger partial charge in [0.05, 0.1) is 26.9 Å². The molecule has 0 fully saturated rings. The van der Waals surface area contributed by atoms with E-state index in [0.717, 1.165) is 4.57 Å². The van der Waals surface area contributed by atoms with Crippen LogP contribution in [0, 0.1) is 0 Å². The van der Waals surface area contributed by atoms with Gasteiger partial charge in [-0.25, -0.2) is 4.79 Å². The number of carbonyl (C=O) groups excluding carboxylic acids is 1. The quantitative estimate of drug-likeness (QED) is 0.680. The monoisotopic (exact) mass is 392 g/mol. The molecule has 9 nitrogen and oxygen atoms in total. The van der Waals surface area contributed by atoms with Gasteiger partial charge in [0, 0.05) is 0 Å². The van der Waals surface area contributed by atoms with Crippen molar-refractivity contribution < 1.29 is 28.8 Å². The smallest absolute Gasteiger partial charge is 0.349 e. The first kappa shape index (κ1) is 21.2. The molecule has 0 radical (unpaired) electrons. The molecule has 0 spiro atoms. The van der Waals surface area contributed by atoms with E-state index in [1.54, 1.807) is 25.1 Å². The zero-order valence-corrected chi connectivity index (χ0v) is 16.5. The molecular formula is C19H24N2O7. The molecule has 0 bridgehead atoms. The minimum Gasteiger partial charge on any atom is -0.494 e. The third-order valence-corrected chi connectivity index (χ3v) is 3.78. The van der Waals surface area contributed by atoms with Crippen LogP contribution in [0.2, 0.25) is 0 Å². The molecule has 2 aromatic rings. The first-order chi connectivity index (χ1) is 13.3. The highest BCUT2D eigenvalue weighted by atomic mass is 16.5. The molecule has 2 rings (SSSR count). The first-order valence-corrected chi connectivity index (χ1v) is 8.70. The predicted molar refractivity (Wildman–Crippen MR) is 100 cm³/mol. The minimum absolute atomic E-state index is 0.0356. The van der Waals surface area contributed by atoms with Crippen LogP contribution < -0.4 is 15.0 Å². The summed E-state index contributed by atoms with van der Waals surface area (Å²) in [5.41, 5.74) is -1.17. The van der Waals surface area contributed by atoms with E-state index in [2.05, 4.69) is 4.98 Å². The SMILES string of the molecule is CCOC(=O)c1c(O)nc(COC(C)C)n(-c2c(OC)cccc2OC)c1=O. The van der Waals surface area contributed by atoms with E-state index in [4.69, 9.17) is 18.9 Å². The molecule has 0 aliphatic rings. The van der Waals surface area contributed by atoms with Crippen LogP contribution in [0.5, 0.6) is 17.4 Å². The summed E-state index contributed by atoms with van der Waals surface area (Å²) >= 11 is 0. The number of nitrogens with zero attached hydrogens (tertiary/aromatic N) is 2. The van der Waals surface area contributed by atoms with E-state index in [9.17, 15) is 14.7 Å². The van der Waals surface area contributed by atoms with Crippen LogP contribution in [0.25, 0.3) is 5.69 Å². The summed E-state index contributed by atoms with van der Waals surface area (Å²) in [4.78, 5) is 29.4. The summed E-state index contributed by atoms with van der Waals surface area (Å²) in [5, 5.41) is 10.2. The van der Waals surface area contributed by atoms with Crippen LogP contribution >= 0.6 is 0 Å². The van der Waals surface area contributed by atoms with Crippen LogP contribution in [-0.2, 0) is 16.1 Å². The molecule has 1 aromatic carbocycles. The Hall–Kier alpha value is -3.07. The average Bonchev–Trinajstić information content (AvgIpc) is 2.65. The van der Waals surface area contributed by atoms with Crippen LogP contribution in [-0.4, -0.2) is 47.6 Å². The molecule has 1 N–H and O–H groups in total. The zero-order valence-electron chi connectivity index (χ0n) is 16.5. The van der Waals surface area contributed by atoms with Crippen molar-refractivity contribution in [1.82, 2.24) is 9.55 Å². The maximum Gasteiger partial charge on any atom is 0.349 e. The van der Waals surface area contributed by atoms with E-state index >= 15 is 0 Å². The highest BCUT2D eigenvalue weighted by molar-refractivity contribution is 5.91. The third kappa shape index (κ3) is 4.25. The molecule has 152 valence electrons. The van der Waals surface area contributed by atoms with Gasteiger partial charge in [-0.2, -0.15) is 4.98 Å². The number of benzene rings is 1. The molecule has 0 atom stereocenters. The van der Waals surface area contributed by atoms with Crippen molar-refractivity contribution in [2.24, 2.45) is 0 Å². The predicted octanol–water partition coefficient (Wildman–Crippen LogP) is 2.06. The average molecular weight is 392 g/mol. The Morgan fingerprint density at radius 1 is 1.21 bits per heavy atom. The lowest BCUT2D eigenvalue weighted by Gasteiger charge is -2.19. The molecule has 0 unspecified atom stereocenters. The summed E-state index contributed by atoms with van der Waals surface area (Å²) in [6, 6.07) is 4.96. The Labute approximate surface area is 162 Å². The third-order valence-electron chi connectivity index (χ3n) is 3.78. The van der Waals surface area contributed by atoms with Crippen LogP contribution in [0.4, 0.5) is 0 Å². The lowest BCUT2D eigenvalue weighted by atomic mass is 10.2. The molecule has 0 saturated heterocycles. The Morgan fingerprint density at radius 3 is 2.32 bits per heavy atom. The number of ether oxygens (including phenoxy) is 4. The number of para-hydroxylation sites is 1. The molecular weight excluding hydrogens is 368 g/mol. The summed E-state index contributed by atoms with van der Waals surface area (Å²) < 4.78 is 22.3. The van der Waals surface area contributed by atoms with Gasteiger partial charge >= 0.3 is 5.97 Å². The standard InChI is InChI=1S/C19H24N2O7/c1-6-27-19(24)15-17(22)20-14(10-28-11(2)3)21(18(15)23)16-12(25-4)8-7-9-13(16)26-5/h7-9,11,22H,6,10H2,1-5H3. The normalized spacial score (nSPS) is 10.8. The van der Waals surface area contributed by atoms with E-state index in [0.29, 0.717) is 11.5 Å². The van der Waals surface area contributed by atoms with Gasteiger partial charge in [0.2, 0.25) is 5.88 Å². The first-order valence-electron chi connectivity index (χ1n) is 8.70. The number of carbonyl (C=O) groups is 1. The number of aromatic hydroxyl groups is 1. The number of hydrogen-bond acceptors (Lipinski definition) is 8. The molecule has 0 aliphatic heterocycles. The second kappa shape index (κ2) is 9.23. The number of esters is 1. The number of aromatic nitrogens is 2. The molecule has 0 aliphatic carbocycles. The second-order valence-electron chi connectivity index (χ2n) is 5.96. The zero-order chi connectivity index (χ0) is 20.8. The number of rotatable bonds is 8. The Bertz CT molecular complexity index is 884. The number of methoxy groups -OCH3 is 2. The fourth-order valence-corrected chi connectivity index (χ4v) is 2.56. The highest BCUT2D eigenvalue weighted by Crippen LogP contribution is 2.33. The van der Waals surface area contributed by atoms with Crippen LogP contribution in [0.15, 0.2) is 23.0 Å². The van der Waals surface area contributed by atoms with Gasteiger partial charge < -0.3 is 24.1 Å². The van der Waals surface area contributed by atoms with Gasteiger partial charge in [-0.1, -0.05) is 6.07 Å². The van der Waals surface area contributed by atoms with Gasteiger partial charge in [0.25, 0.3) is 5.56 Å². The fraction of sp³-hybridized carbons (Fsp3) is 0.421. The molecule has 0 saturated carbocycles. The molecule has 28 heavy (non-hydrogen) atoms. The topological polar surface area (TPSA) is 109 Å². The minimum atomic E-state index is -0.976. The van der Waals surface area contributed by atoms with Gasteiger partial charge in [-0.05, 0) is 32.9 Å². The van der Waals surface area contributed by atoms with Crippen molar-refractivity contribution in [3.63, 3.8) is 0 Å². The largest absolute Gasteiger partial charge is 0.494 e. The maximum atomic E-state index is 13.2. The lowest BCUT2D eigenvalue weighted by molar-refractivity contribution is 0.0510. The van der Waals surface area contributed by atoms with Crippen LogP contribution in [0.3, 0.4) is 0 Å². The Kier molecular flexibility index (Phi) is 7.00.